The van der Waals surface area contributed by atoms with Gasteiger partial charge in [-0.2, -0.15) is 0 Å². The highest BCUT2D eigenvalue weighted by Gasteiger charge is 2.39. The summed E-state index contributed by atoms with van der Waals surface area (Å²) in [5.74, 6) is -0.916. The van der Waals surface area contributed by atoms with E-state index in [0.29, 0.717) is 5.56 Å². The minimum absolute atomic E-state index is 0. The van der Waals surface area contributed by atoms with E-state index in [0.717, 1.165) is 58.1 Å². The molecule has 2 fully saturated rings. The Morgan fingerprint density at radius 2 is 1.77 bits per heavy atom. The Morgan fingerprint density at radius 1 is 1.10 bits per heavy atom. The molecule has 2 aliphatic rings. The average Bonchev–Trinajstić information content (AvgIpc) is 2.76. The first-order valence-electron chi connectivity index (χ1n) is 11.4. The molecule has 0 aliphatic carbocycles. The van der Waals surface area contributed by atoms with Crippen molar-refractivity contribution in [3.8, 4) is 0 Å². The minimum atomic E-state index is -0.822. The number of nitrogens with zero attached hydrogens (tertiary/aromatic N) is 3. The summed E-state index contributed by atoms with van der Waals surface area (Å²) in [6.45, 7) is 9.99. The summed E-state index contributed by atoms with van der Waals surface area (Å²) in [6, 6.07) is 3.87. The molecule has 3 rings (SSSR count). The molecule has 176 valence electrons. The lowest BCUT2D eigenvalue weighted by Crippen LogP contribution is -2.58. The Balaban J connectivity index is 0.00000341. The molecule has 0 bridgehead atoms. The largest absolute Gasteiger partial charge is 0.357 e. The fraction of sp³-hybridized carbons (Fsp3) is 0.696. The Hall–Kier alpha value is -1.00. The number of rotatable bonds is 6. The Morgan fingerprint density at radius 3 is 2.39 bits per heavy atom. The number of piperidine rings is 2. The predicted molar refractivity (Wildman–Crippen MR) is 134 cm³/mol. The lowest BCUT2D eigenvalue weighted by Gasteiger charge is -2.49. The second-order valence-electron chi connectivity index (χ2n) is 8.81. The zero-order chi connectivity index (χ0) is 21.6. The van der Waals surface area contributed by atoms with E-state index in [1.165, 1.54) is 31.4 Å². The summed E-state index contributed by atoms with van der Waals surface area (Å²) in [7, 11) is 2.19. The number of nitrogens with one attached hydrogen (secondary N) is 2. The molecule has 1 aromatic rings. The van der Waals surface area contributed by atoms with Gasteiger partial charge in [-0.05, 0) is 90.5 Å². The van der Waals surface area contributed by atoms with Crippen molar-refractivity contribution in [2.45, 2.75) is 57.5 Å². The van der Waals surface area contributed by atoms with E-state index in [1.807, 2.05) is 13.8 Å². The lowest BCUT2D eigenvalue weighted by atomic mass is 9.84. The molecule has 0 aromatic heterocycles. The molecule has 1 unspecified atom stereocenters. The van der Waals surface area contributed by atoms with E-state index in [9.17, 15) is 8.78 Å². The van der Waals surface area contributed by atoms with Crippen molar-refractivity contribution in [2.75, 3.05) is 46.3 Å². The second-order valence-corrected chi connectivity index (χ2v) is 8.81. The molecule has 1 atom stereocenters. The Bertz CT molecular complexity index is 716. The molecular weight excluding hydrogens is 511 g/mol. The van der Waals surface area contributed by atoms with Crippen molar-refractivity contribution in [3.05, 3.63) is 35.4 Å². The quantitative estimate of drug-likeness (QED) is 0.318. The number of likely N-dealkylation sites (tertiary alicyclic amines) is 2. The third kappa shape index (κ3) is 6.99. The smallest absolute Gasteiger partial charge is 0.191 e. The zero-order valence-electron chi connectivity index (χ0n) is 19.1. The highest BCUT2D eigenvalue weighted by atomic mass is 127. The number of benzene rings is 1. The number of hydrogen-bond acceptors (Lipinski definition) is 3. The van der Waals surface area contributed by atoms with Gasteiger partial charge >= 0.3 is 0 Å². The van der Waals surface area contributed by atoms with Gasteiger partial charge in [-0.1, -0.05) is 12.5 Å². The van der Waals surface area contributed by atoms with Crippen molar-refractivity contribution < 1.29 is 8.78 Å². The molecule has 0 spiro atoms. The zero-order valence-corrected chi connectivity index (χ0v) is 21.4. The van der Waals surface area contributed by atoms with Crippen LogP contribution in [0.4, 0.5) is 8.78 Å². The van der Waals surface area contributed by atoms with E-state index < -0.39 is 11.6 Å². The molecule has 2 aliphatic heterocycles. The van der Waals surface area contributed by atoms with Crippen molar-refractivity contribution >= 4 is 29.9 Å². The van der Waals surface area contributed by atoms with Crippen molar-refractivity contribution in [3.63, 3.8) is 0 Å². The maximum absolute atomic E-state index is 13.6. The van der Waals surface area contributed by atoms with Crippen LogP contribution in [0.1, 0.15) is 57.6 Å². The second kappa shape index (κ2) is 12.3. The lowest BCUT2D eigenvalue weighted by molar-refractivity contribution is 0.0208. The fourth-order valence-electron chi connectivity index (χ4n) is 4.59. The van der Waals surface area contributed by atoms with Gasteiger partial charge in [0.1, 0.15) is 0 Å². The van der Waals surface area contributed by atoms with Gasteiger partial charge in [0.2, 0.25) is 0 Å². The van der Waals surface area contributed by atoms with Crippen molar-refractivity contribution in [2.24, 2.45) is 4.99 Å². The minimum Gasteiger partial charge on any atom is -0.357 e. The van der Waals surface area contributed by atoms with E-state index in [2.05, 4.69) is 27.5 Å². The van der Waals surface area contributed by atoms with Gasteiger partial charge in [0, 0.05) is 12.1 Å². The number of hydrogen-bond donors (Lipinski definition) is 2. The summed E-state index contributed by atoms with van der Waals surface area (Å²) in [6.07, 6.45) is 6.13. The molecule has 31 heavy (non-hydrogen) atoms. The van der Waals surface area contributed by atoms with Crippen molar-refractivity contribution in [1.29, 1.82) is 0 Å². The van der Waals surface area contributed by atoms with Gasteiger partial charge in [-0.3, -0.25) is 9.89 Å². The van der Waals surface area contributed by atoms with Gasteiger partial charge in [0.25, 0.3) is 0 Å². The Kier molecular flexibility index (Phi) is 10.4. The van der Waals surface area contributed by atoms with Gasteiger partial charge in [0.05, 0.1) is 12.6 Å². The first kappa shape index (κ1) is 26.3. The number of guanidine groups is 1. The summed E-state index contributed by atoms with van der Waals surface area (Å²) in [5, 5.41) is 6.69. The van der Waals surface area contributed by atoms with E-state index in [-0.39, 0.29) is 35.6 Å². The van der Waals surface area contributed by atoms with Crippen LogP contribution in [0.5, 0.6) is 0 Å². The summed E-state index contributed by atoms with van der Waals surface area (Å²) < 4.78 is 26.9. The predicted octanol–water partition coefficient (Wildman–Crippen LogP) is 4.15. The summed E-state index contributed by atoms with van der Waals surface area (Å²) in [5.41, 5.74) is 0.810. The van der Waals surface area contributed by atoms with E-state index in [4.69, 9.17) is 4.99 Å². The van der Waals surface area contributed by atoms with Gasteiger partial charge < -0.3 is 15.5 Å². The maximum atomic E-state index is 13.6. The standard InChI is InChI=1S/C23H37F2N5.HI/c1-4-26-22(28-18(2)19-8-9-20(24)21(25)16-19)27-17-23(10-14-29(3)15-11-23)30-12-6-5-7-13-30;/h8-9,16,18H,4-7,10-15,17H2,1-3H3,(H2,26,27,28);1H. The van der Waals surface area contributed by atoms with Crippen molar-refractivity contribution in [1.82, 2.24) is 20.4 Å². The molecule has 5 nitrogen and oxygen atoms in total. The molecule has 0 saturated carbocycles. The normalized spacial score (nSPS) is 21.3. The molecule has 2 heterocycles. The molecule has 2 saturated heterocycles. The number of aliphatic imine (C=N–C) groups is 1. The average molecular weight is 549 g/mol. The van der Waals surface area contributed by atoms with Crippen LogP contribution in [0.3, 0.4) is 0 Å². The van der Waals surface area contributed by atoms with Crippen LogP contribution >= 0.6 is 24.0 Å². The number of halogens is 3. The van der Waals surface area contributed by atoms with Crippen LogP contribution in [0.25, 0.3) is 0 Å². The van der Waals surface area contributed by atoms with Crippen LogP contribution in [-0.4, -0.2) is 67.6 Å². The highest BCUT2D eigenvalue weighted by molar-refractivity contribution is 14.0. The molecule has 0 amide bonds. The monoisotopic (exact) mass is 549 g/mol. The molecule has 2 N–H and O–H groups in total. The molecule has 1 aromatic carbocycles. The van der Waals surface area contributed by atoms with Crippen LogP contribution in [0, 0.1) is 11.6 Å². The molecular formula is C23H38F2IN5. The molecule has 0 radical (unpaired) electrons. The highest BCUT2D eigenvalue weighted by Crippen LogP contribution is 2.31. The van der Waals surface area contributed by atoms with Gasteiger partial charge in [-0.15, -0.1) is 24.0 Å². The van der Waals surface area contributed by atoms with Gasteiger partial charge in [0.15, 0.2) is 17.6 Å². The first-order valence-corrected chi connectivity index (χ1v) is 11.4. The summed E-state index contributed by atoms with van der Waals surface area (Å²) in [4.78, 5) is 10.1. The van der Waals surface area contributed by atoms with Gasteiger partial charge in [-0.25, -0.2) is 8.78 Å². The third-order valence-electron chi connectivity index (χ3n) is 6.62. The van der Waals surface area contributed by atoms with Crippen LogP contribution in [-0.2, 0) is 0 Å². The van der Waals surface area contributed by atoms with Crippen LogP contribution in [0.2, 0.25) is 0 Å². The van der Waals surface area contributed by atoms with Crippen LogP contribution < -0.4 is 10.6 Å². The SMILES string of the molecule is CCNC(=NCC1(N2CCCCC2)CCN(C)CC1)NC(C)c1ccc(F)c(F)c1.I. The van der Waals surface area contributed by atoms with E-state index >= 15 is 0 Å². The topological polar surface area (TPSA) is 42.9 Å². The van der Waals surface area contributed by atoms with E-state index in [1.54, 1.807) is 6.07 Å². The third-order valence-corrected chi connectivity index (χ3v) is 6.62. The van der Waals surface area contributed by atoms with Crippen LogP contribution in [0.15, 0.2) is 23.2 Å². The maximum Gasteiger partial charge on any atom is 0.191 e. The fourth-order valence-corrected chi connectivity index (χ4v) is 4.59. The Labute approximate surface area is 203 Å². The first-order chi connectivity index (χ1) is 14.4. The molecule has 8 heteroatoms. The summed E-state index contributed by atoms with van der Waals surface area (Å²) >= 11 is 0.